The lowest BCUT2D eigenvalue weighted by atomic mass is 10.3. The van der Waals surface area contributed by atoms with Crippen LogP contribution in [0.5, 0.6) is 5.75 Å². The second-order valence-corrected chi connectivity index (χ2v) is 4.90. The first-order valence-corrected chi connectivity index (χ1v) is 5.87. The molecule has 1 aromatic heterocycles. The number of nitrogens with two attached hydrogens (primary N) is 1. The highest BCUT2D eigenvalue weighted by atomic mass is 32.2. The van der Waals surface area contributed by atoms with Crippen molar-refractivity contribution in [1.82, 2.24) is 9.36 Å². The lowest BCUT2D eigenvalue weighted by molar-refractivity contribution is 0.385. The maximum absolute atomic E-state index is 13.3. The molecule has 4 nitrogen and oxygen atoms in total. The van der Waals surface area contributed by atoms with Crippen LogP contribution in [0.2, 0.25) is 0 Å². The van der Waals surface area contributed by atoms with Crippen LogP contribution in [0.4, 0.5) is 10.1 Å². The Kier molecular flexibility index (Phi) is 3.25. The van der Waals surface area contributed by atoms with Crippen molar-refractivity contribution in [2.75, 3.05) is 12.8 Å². The summed E-state index contributed by atoms with van der Waals surface area (Å²) >= 11 is 2.59. The van der Waals surface area contributed by atoms with Crippen molar-refractivity contribution in [2.24, 2.45) is 0 Å². The van der Waals surface area contributed by atoms with E-state index in [2.05, 4.69) is 9.36 Å². The van der Waals surface area contributed by atoms with Crippen LogP contribution in [0.15, 0.2) is 27.7 Å². The summed E-state index contributed by atoms with van der Waals surface area (Å²) in [6, 6.07) is 2.79. The summed E-state index contributed by atoms with van der Waals surface area (Å²) in [5.74, 6) is -0.303. The van der Waals surface area contributed by atoms with Crippen molar-refractivity contribution < 1.29 is 9.13 Å². The molecule has 0 bridgehead atoms. The molecule has 0 saturated heterocycles. The average Bonchev–Trinajstić information content (AvgIpc) is 2.75. The van der Waals surface area contributed by atoms with Gasteiger partial charge >= 0.3 is 0 Å². The van der Waals surface area contributed by atoms with Gasteiger partial charge in [-0.1, -0.05) is 11.8 Å². The zero-order valence-corrected chi connectivity index (χ0v) is 9.94. The number of ether oxygens (including phenoxy) is 1. The van der Waals surface area contributed by atoms with Gasteiger partial charge in [0.2, 0.25) is 0 Å². The second-order valence-electron chi connectivity index (χ2n) is 2.83. The van der Waals surface area contributed by atoms with Crippen molar-refractivity contribution >= 4 is 29.0 Å². The summed E-state index contributed by atoms with van der Waals surface area (Å²) in [5, 5.41) is 0. The molecule has 7 heteroatoms. The van der Waals surface area contributed by atoms with Gasteiger partial charge in [0.15, 0.2) is 15.9 Å². The highest BCUT2D eigenvalue weighted by Gasteiger charge is 2.10. The third-order valence-corrected chi connectivity index (χ3v) is 3.61. The fourth-order valence-electron chi connectivity index (χ4n) is 1.10. The summed E-state index contributed by atoms with van der Waals surface area (Å²) < 4.78 is 22.8. The van der Waals surface area contributed by atoms with Gasteiger partial charge in [-0.2, -0.15) is 4.37 Å². The van der Waals surface area contributed by atoms with Gasteiger partial charge in [0, 0.05) is 16.6 Å². The van der Waals surface area contributed by atoms with Crippen molar-refractivity contribution in [3.8, 4) is 5.75 Å². The minimum absolute atomic E-state index is 0.168. The van der Waals surface area contributed by atoms with Crippen LogP contribution < -0.4 is 10.5 Å². The largest absolute Gasteiger partial charge is 0.494 e. The van der Waals surface area contributed by atoms with Crippen LogP contribution in [0, 0.1) is 5.82 Å². The molecule has 0 amide bonds. The third kappa shape index (κ3) is 2.25. The molecule has 1 aromatic carbocycles. The summed E-state index contributed by atoms with van der Waals surface area (Å²) in [4.78, 5) is 4.71. The first kappa shape index (κ1) is 11.2. The number of hydrogen-bond donors (Lipinski definition) is 1. The minimum atomic E-state index is -0.471. The SMILES string of the molecule is COc1cc(Sc2ncns2)c(N)cc1F. The molecule has 0 fully saturated rings. The van der Waals surface area contributed by atoms with E-state index >= 15 is 0 Å². The van der Waals surface area contributed by atoms with Crippen LogP contribution >= 0.6 is 23.3 Å². The van der Waals surface area contributed by atoms with E-state index in [1.54, 1.807) is 6.07 Å². The molecule has 0 saturated carbocycles. The van der Waals surface area contributed by atoms with E-state index in [0.717, 1.165) is 4.34 Å². The van der Waals surface area contributed by atoms with Crippen molar-refractivity contribution in [1.29, 1.82) is 0 Å². The number of halogens is 1. The molecule has 0 aliphatic carbocycles. The van der Waals surface area contributed by atoms with E-state index in [9.17, 15) is 4.39 Å². The molecule has 0 aliphatic rings. The Balaban J connectivity index is 2.33. The van der Waals surface area contributed by atoms with Gasteiger partial charge in [0.25, 0.3) is 0 Å². The number of nitrogens with zero attached hydrogens (tertiary/aromatic N) is 2. The number of rotatable bonds is 3. The number of methoxy groups -OCH3 is 1. The summed E-state index contributed by atoms with van der Waals surface area (Å²) in [5.41, 5.74) is 6.06. The maximum atomic E-state index is 13.3. The van der Waals surface area contributed by atoms with Crippen molar-refractivity contribution in [2.45, 2.75) is 9.24 Å². The van der Waals surface area contributed by atoms with Gasteiger partial charge in [-0.3, -0.25) is 0 Å². The minimum Gasteiger partial charge on any atom is -0.494 e. The van der Waals surface area contributed by atoms with Gasteiger partial charge in [0.1, 0.15) is 6.33 Å². The molecule has 2 aromatic rings. The van der Waals surface area contributed by atoms with Crippen molar-refractivity contribution in [3.05, 3.63) is 24.3 Å². The fraction of sp³-hybridized carbons (Fsp3) is 0.111. The molecule has 16 heavy (non-hydrogen) atoms. The third-order valence-electron chi connectivity index (χ3n) is 1.82. The Labute approximate surface area is 99.8 Å². The molecule has 0 atom stereocenters. The molecule has 0 radical (unpaired) electrons. The topological polar surface area (TPSA) is 61.0 Å². The zero-order valence-electron chi connectivity index (χ0n) is 8.31. The van der Waals surface area contributed by atoms with E-state index < -0.39 is 5.82 Å². The van der Waals surface area contributed by atoms with E-state index in [1.165, 1.54) is 42.8 Å². The lowest BCUT2D eigenvalue weighted by Crippen LogP contribution is -1.94. The lowest BCUT2D eigenvalue weighted by Gasteiger charge is -2.07. The van der Waals surface area contributed by atoms with Gasteiger partial charge in [0.05, 0.1) is 7.11 Å². The zero-order chi connectivity index (χ0) is 11.5. The van der Waals surface area contributed by atoms with E-state index in [4.69, 9.17) is 10.5 Å². The van der Waals surface area contributed by atoms with E-state index in [0.29, 0.717) is 10.6 Å². The Morgan fingerprint density at radius 1 is 1.50 bits per heavy atom. The van der Waals surface area contributed by atoms with Gasteiger partial charge in [-0.05, 0) is 17.6 Å². The normalized spacial score (nSPS) is 10.4. The van der Waals surface area contributed by atoms with Crippen LogP contribution in [0.3, 0.4) is 0 Å². The first-order chi connectivity index (χ1) is 7.70. The second kappa shape index (κ2) is 4.67. The Bertz CT molecular complexity index is 490. The van der Waals surface area contributed by atoms with Crippen LogP contribution in [0.1, 0.15) is 0 Å². The standard InChI is InChI=1S/C9H8FN3OS2/c1-14-7-3-8(6(11)2-5(7)10)15-9-12-4-13-16-9/h2-4H,11H2,1H3. The highest BCUT2D eigenvalue weighted by Crippen LogP contribution is 2.36. The Morgan fingerprint density at radius 2 is 2.31 bits per heavy atom. The number of anilines is 1. The van der Waals surface area contributed by atoms with Gasteiger partial charge in [-0.15, -0.1) is 0 Å². The number of benzene rings is 1. The van der Waals surface area contributed by atoms with Crippen molar-refractivity contribution in [3.63, 3.8) is 0 Å². The summed E-state index contributed by atoms with van der Waals surface area (Å²) in [7, 11) is 1.41. The molecular weight excluding hydrogens is 249 g/mol. The average molecular weight is 257 g/mol. The van der Waals surface area contributed by atoms with E-state index in [1.807, 2.05) is 0 Å². The predicted octanol–water partition coefficient (Wildman–Crippen LogP) is 2.42. The number of nitrogen functional groups attached to an aromatic ring is 1. The maximum Gasteiger partial charge on any atom is 0.174 e. The molecule has 0 unspecified atom stereocenters. The first-order valence-electron chi connectivity index (χ1n) is 4.28. The molecule has 0 aliphatic heterocycles. The van der Waals surface area contributed by atoms with Gasteiger partial charge in [-0.25, -0.2) is 9.37 Å². The van der Waals surface area contributed by atoms with Crippen LogP contribution in [0.25, 0.3) is 0 Å². The molecular formula is C9H8FN3OS2. The quantitative estimate of drug-likeness (QED) is 0.856. The predicted molar refractivity (Wildman–Crippen MR) is 61.4 cm³/mol. The fourth-order valence-corrected chi connectivity index (χ4v) is 2.55. The van der Waals surface area contributed by atoms with E-state index in [-0.39, 0.29) is 5.75 Å². The number of aromatic nitrogens is 2. The molecule has 0 spiro atoms. The number of hydrogen-bond acceptors (Lipinski definition) is 6. The Morgan fingerprint density at radius 3 is 2.94 bits per heavy atom. The monoisotopic (exact) mass is 257 g/mol. The molecule has 84 valence electrons. The molecule has 2 rings (SSSR count). The highest BCUT2D eigenvalue weighted by molar-refractivity contribution is 8.01. The van der Waals surface area contributed by atoms with Gasteiger partial charge < -0.3 is 10.5 Å². The molecule has 1 heterocycles. The van der Waals surface area contributed by atoms with Crippen LogP contribution in [-0.4, -0.2) is 16.5 Å². The smallest absolute Gasteiger partial charge is 0.174 e. The Hall–Kier alpha value is -1.34. The van der Waals surface area contributed by atoms with Crippen LogP contribution in [-0.2, 0) is 0 Å². The summed E-state index contributed by atoms with van der Waals surface area (Å²) in [6.07, 6.45) is 1.46. The molecule has 2 N–H and O–H groups in total. The summed E-state index contributed by atoms with van der Waals surface area (Å²) in [6.45, 7) is 0.